The zero-order valence-corrected chi connectivity index (χ0v) is 11.9. The molecule has 0 spiro atoms. The molecule has 82 valence electrons. The van der Waals surface area contributed by atoms with Crippen LogP contribution in [-0.4, -0.2) is 17.9 Å². The van der Waals surface area contributed by atoms with Crippen LogP contribution in [0.2, 0.25) is 5.02 Å². The number of anilines is 1. The van der Waals surface area contributed by atoms with Gasteiger partial charge in [-0.2, -0.15) is 11.8 Å². The zero-order valence-electron chi connectivity index (χ0n) is 8.22. The lowest BCUT2D eigenvalue weighted by molar-refractivity contribution is -0.115. The average molecular weight is 356 g/mol. The maximum atomic E-state index is 11.4. The van der Waals surface area contributed by atoms with Crippen LogP contribution in [0.3, 0.4) is 0 Å². The second-order valence-corrected chi connectivity index (χ2v) is 5.50. The van der Waals surface area contributed by atoms with Crippen molar-refractivity contribution >= 4 is 57.5 Å². The average Bonchev–Trinajstić information content (AvgIpc) is 2.19. The molecule has 0 saturated heterocycles. The van der Waals surface area contributed by atoms with Gasteiger partial charge >= 0.3 is 0 Å². The van der Waals surface area contributed by atoms with Crippen molar-refractivity contribution in [1.82, 2.24) is 0 Å². The number of benzene rings is 1. The number of nitrogens with one attached hydrogen (secondary N) is 1. The summed E-state index contributed by atoms with van der Waals surface area (Å²) in [7, 11) is 0. The second kappa shape index (κ2) is 6.60. The molecular formula is C10H11ClINOS. The molecule has 1 amide bonds. The fourth-order valence-electron chi connectivity index (χ4n) is 0.998. The van der Waals surface area contributed by atoms with Crippen LogP contribution in [0, 0.1) is 3.57 Å². The third kappa shape index (κ3) is 4.61. The molecule has 15 heavy (non-hydrogen) atoms. The van der Waals surface area contributed by atoms with E-state index in [9.17, 15) is 4.79 Å². The lowest BCUT2D eigenvalue weighted by Crippen LogP contribution is -2.12. The highest BCUT2D eigenvalue weighted by Crippen LogP contribution is 2.22. The normalized spacial score (nSPS) is 10.1. The minimum atomic E-state index is 0.0459. The van der Waals surface area contributed by atoms with Gasteiger partial charge in [0.15, 0.2) is 0 Å². The van der Waals surface area contributed by atoms with Crippen molar-refractivity contribution < 1.29 is 4.79 Å². The van der Waals surface area contributed by atoms with Crippen LogP contribution in [0.25, 0.3) is 0 Å². The number of rotatable bonds is 4. The fraction of sp³-hybridized carbons (Fsp3) is 0.300. The Hall–Kier alpha value is 0.0600. The number of halogens is 2. The van der Waals surface area contributed by atoms with Gasteiger partial charge in [0.05, 0.1) is 5.69 Å². The Kier molecular flexibility index (Phi) is 5.78. The Labute approximate surface area is 112 Å². The summed E-state index contributed by atoms with van der Waals surface area (Å²) in [5.41, 5.74) is 0.825. The molecule has 0 atom stereocenters. The minimum Gasteiger partial charge on any atom is -0.325 e. The summed E-state index contributed by atoms with van der Waals surface area (Å²) in [5, 5.41) is 3.54. The molecule has 5 heteroatoms. The number of thioether (sulfide) groups is 1. The van der Waals surface area contributed by atoms with Crippen molar-refractivity contribution in [2.75, 3.05) is 17.3 Å². The van der Waals surface area contributed by atoms with Crippen LogP contribution in [0.15, 0.2) is 18.2 Å². The lowest BCUT2D eigenvalue weighted by atomic mass is 10.3. The van der Waals surface area contributed by atoms with Gasteiger partial charge in [0, 0.05) is 20.8 Å². The molecule has 1 N–H and O–H groups in total. The van der Waals surface area contributed by atoms with E-state index < -0.39 is 0 Å². The van der Waals surface area contributed by atoms with Crippen molar-refractivity contribution in [2.45, 2.75) is 6.42 Å². The van der Waals surface area contributed by atoms with Gasteiger partial charge in [-0.25, -0.2) is 0 Å². The number of carbonyl (C=O) groups excluding carboxylic acids is 1. The second-order valence-electron chi connectivity index (χ2n) is 2.92. The SMILES string of the molecule is CSCCC(=O)Nc1ccc(Cl)cc1I. The molecule has 0 saturated carbocycles. The first kappa shape index (κ1) is 13.1. The summed E-state index contributed by atoms with van der Waals surface area (Å²) >= 11 is 9.63. The molecule has 1 aromatic rings. The van der Waals surface area contributed by atoms with Crippen molar-refractivity contribution in [2.24, 2.45) is 0 Å². The van der Waals surface area contributed by atoms with Crippen LogP contribution in [0.1, 0.15) is 6.42 Å². The molecule has 1 rings (SSSR count). The molecule has 0 unspecified atom stereocenters. The lowest BCUT2D eigenvalue weighted by Gasteiger charge is -2.07. The summed E-state index contributed by atoms with van der Waals surface area (Å²) in [6, 6.07) is 5.42. The van der Waals surface area contributed by atoms with E-state index in [2.05, 4.69) is 27.9 Å². The van der Waals surface area contributed by atoms with E-state index in [1.807, 2.05) is 18.4 Å². The van der Waals surface area contributed by atoms with E-state index in [1.54, 1.807) is 17.8 Å². The first-order valence-electron chi connectivity index (χ1n) is 4.37. The first-order chi connectivity index (χ1) is 7.13. The van der Waals surface area contributed by atoms with Gasteiger partial charge in [-0.05, 0) is 47.0 Å². The summed E-state index contributed by atoms with van der Waals surface area (Å²) in [6.45, 7) is 0. The highest BCUT2D eigenvalue weighted by atomic mass is 127. The predicted molar refractivity (Wildman–Crippen MR) is 75.8 cm³/mol. The molecule has 2 nitrogen and oxygen atoms in total. The number of carbonyl (C=O) groups is 1. The van der Waals surface area contributed by atoms with Crippen molar-refractivity contribution in [3.8, 4) is 0 Å². The number of amides is 1. The van der Waals surface area contributed by atoms with Gasteiger partial charge < -0.3 is 5.32 Å². The number of hydrogen-bond acceptors (Lipinski definition) is 2. The van der Waals surface area contributed by atoms with Gasteiger partial charge in [0.1, 0.15) is 0 Å². The predicted octanol–water partition coefficient (Wildman–Crippen LogP) is 3.64. The number of hydrogen-bond donors (Lipinski definition) is 1. The van der Waals surface area contributed by atoms with E-state index in [0.717, 1.165) is 15.0 Å². The van der Waals surface area contributed by atoms with E-state index >= 15 is 0 Å². The highest BCUT2D eigenvalue weighted by Gasteiger charge is 2.05. The van der Waals surface area contributed by atoms with Gasteiger partial charge in [0.2, 0.25) is 5.91 Å². The van der Waals surface area contributed by atoms with E-state index in [1.165, 1.54) is 0 Å². The van der Waals surface area contributed by atoms with Crippen LogP contribution >= 0.6 is 46.0 Å². The summed E-state index contributed by atoms with van der Waals surface area (Å²) in [4.78, 5) is 11.4. The van der Waals surface area contributed by atoms with Gasteiger partial charge in [-0.15, -0.1) is 0 Å². The van der Waals surface area contributed by atoms with Gasteiger partial charge in [0.25, 0.3) is 0 Å². The van der Waals surface area contributed by atoms with E-state index in [4.69, 9.17) is 11.6 Å². The molecular weight excluding hydrogens is 345 g/mol. The third-order valence-corrected chi connectivity index (χ3v) is 3.48. The maximum absolute atomic E-state index is 11.4. The topological polar surface area (TPSA) is 29.1 Å². The Balaban J connectivity index is 2.60. The molecule has 0 fully saturated rings. The highest BCUT2D eigenvalue weighted by molar-refractivity contribution is 14.1. The molecule has 0 heterocycles. The molecule has 1 aromatic carbocycles. The minimum absolute atomic E-state index is 0.0459. The van der Waals surface area contributed by atoms with E-state index in [-0.39, 0.29) is 5.91 Å². The molecule has 0 aliphatic carbocycles. The van der Waals surface area contributed by atoms with Crippen molar-refractivity contribution in [3.63, 3.8) is 0 Å². The zero-order chi connectivity index (χ0) is 11.3. The summed E-state index contributed by atoms with van der Waals surface area (Å²) in [5.74, 6) is 0.889. The quantitative estimate of drug-likeness (QED) is 0.836. The molecule has 0 aromatic heterocycles. The van der Waals surface area contributed by atoms with Gasteiger partial charge in [-0.3, -0.25) is 4.79 Å². The third-order valence-electron chi connectivity index (χ3n) is 1.74. The Morgan fingerprint density at radius 1 is 1.60 bits per heavy atom. The van der Waals surface area contributed by atoms with Crippen molar-refractivity contribution in [3.05, 3.63) is 26.8 Å². The van der Waals surface area contributed by atoms with Gasteiger partial charge in [-0.1, -0.05) is 11.6 Å². The summed E-state index contributed by atoms with van der Waals surface area (Å²) in [6.07, 6.45) is 2.53. The molecule has 0 aliphatic heterocycles. The van der Waals surface area contributed by atoms with Crippen LogP contribution < -0.4 is 5.32 Å². The largest absolute Gasteiger partial charge is 0.325 e. The van der Waals surface area contributed by atoms with Crippen LogP contribution in [-0.2, 0) is 4.79 Å². The Bertz CT molecular complexity index is 359. The monoisotopic (exact) mass is 355 g/mol. The first-order valence-corrected chi connectivity index (χ1v) is 7.22. The van der Waals surface area contributed by atoms with E-state index in [0.29, 0.717) is 11.4 Å². The fourth-order valence-corrected chi connectivity index (χ4v) is 2.39. The van der Waals surface area contributed by atoms with Crippen LogP contribution in [0.4, 0.5) is 5.69 Å². The summed E-state index contributed by atoms with van der Waals surface area (Å²) < 4.78 is 0.956. The smallest absolute Gasteiger partial charge is 0.225 e. The molecule has 0 radical (unpaired) electrons. The standard InChI is InChI=1S/C10H11ClINOS/c1-15-5-4-10(14)13-9-3-2-7(11)6-8(9)12/h2-3,6H,4-5H2,1H3,(H,13,14). The van der Waals surface area contributed by atoms with Crippen molar-refractivity contribution in [1.29, 1.82) is 0 Å². The Morgan fingerprint density at radius 3 is 2.93 bits per heavy atom. The molecule has 0 aliphatic rings. The van der Waals surface area contributed by atoms with Crippen LogP contribution in [0.5, 0.6) is 0 Å². The molecule has 0 bridgehead atoms. The maximum Gasteiger partial charge on any atom is 0.225 e. The Morgan fingerprint density at radius 2 is 2.33 bits per heavy atom.